The molecule has 0 aliphatic carbocycles. The van der Waals surface area contributed by atoms with Gasteiger partial charge in [-0.25, -0.2) is 4.79 Å². The molecule has 0 atom stereocenters. The standard InChI is InChI=1S/C127H232O3S/c1-10-19-28-37-46-55-64-73-82-91-100-115-109-118(103-94-85-76-67-58-49-40-31-22-13-4)124(119(110-115)104-95-86-77-68-59-50-41-32-23-14-5)131(130-127(128)129,125-120(105-96-87-78-69-60-51-42-33-24-15-6)111-116(101-92-83-74-65-56-47-38-29-20-11-2)112-121(125)106-97-88-79-70-61-52-43-34-25-16-7)126-122(107-98-89-80-71-62-53-44-35-26-17-8)113-117(102-93-84-75-66-57-48-39-30-21-12-3)114-123(126)108-99-90-81-72-63-54-45-36-27-18-9/h109-114H,10-108H2,1-9H3,(H,128,129). The van der Waals surface area contributed by atoms with Crippen LogP contribution in [0.3, 0.4) is 0 Å². The highest BCUT2D eigenvalue weighted by Crippen LogP contribution is 2.75. The van der Waals surface area contributed by atoms with Crippen molar-refractivity contribution in [1.82, 2.24) is 0 Å². The van der Waals surface area contributed by atoms with Crippen LogP contribution in [0, 0.1) is 0 Å². The third-order valence-electron chi connectivity index (χ3n) is 30.2. The van der Waals surface area contributed by atoms with Crippen LogP contribution >= 0.6 is 10.3 Å². The van der Waals surface area contributed by atoms with Gasteiger partial charge in [0, 0.05) is 14.7 Å². The molecule has 0 saturated carbocycles. The Kier molecular flexibility index (Phi) is 86.3. The van der Waals surface area contributed by atoms with E-state index in [0.29, 0.717) is 0 Å². The summed E-state index contributed by atoms with van der Waals surface area (Å²) in [5.41, 5.74) is 13.5. The molecule has 3 nitrogen and oxygen atoms in total. The van der Waals surface area contributed by atoms with Crippen molar-refractivity contribution in [2.45, 2.75) is 713 Å². The van der Waals surface area contributed by atoms with Crippen molar-refractivity contribution in [3.8, 4) is 0 Å². The Morgan fingerprint density at radius 3 is 0.374 bits per heavy atom. The van der Waals surface area contributed by atoms with Gasteiger partial charge in [0.1, 0.15) is 0 Å². The van der Waals surface area contributed by atoms with Crippen molar-refractivity contribution in [3.63, 3.8) is 0 Å². The molecule has 0 aliphatic heterocycles. The lowest BCUT2D eigenvalue weighted by atomic mass is 9.94. The van der Waals surface area contributed by atoms with Gasteiger partial charge in [-0.15, -0.1) is 0 Å². The summed E-state index contributed by atoms with van der Waals surface area (Å²) in [6.07, 6.45) is 128. The molecular formula is C127H232O3S. The van der Waals surface area contributed by atoms with Crippen LogP contribution in [-0.2, 0) is 62.0 Å². The summed E-state index contributed by atoms with van der Waals surface area (Å²) in [6.45, 7) is 21.2. The second kappa shape index (κ2) is 92.3. The lowest BCUT2D eigenvalue weighted by molar-refractivity contribution is 0.150. The number of hydrogen-bond acceptors (Lipinski definition) is 2. The highest BCUT2D eigenvalue weighted by molar-refractivity contribution is 8.30. The molecule has 0 fully saturated rings. The highest BCUT2D eigenvalue weighted by atomic mass is 32.3. The van der Waals surface area contributed by atoms with Crippen LogP contribution in [0.1, 0.15) is 690 Å². The molecule has 1 N–H and O–H groups in total. The maximum atomic E-state index is 16.0. The lowest BCUT2D eigenvalue weighted by Gasteiger charge is -2.46. The quantitative estimate of drug-likeness (QED) is 0.0573. The monoisotopic (exact) mass is 1840 g/mol. The number of carbonyl (C=O) groups is 1. The predicted octanol–water partition coefficient (Wildman–Crippen LogP) is 45.7. The van der Waals surface area contributed by atoms with Gasteiger partial charge < -0.3 is 9.29 Å². The van der Waals surface area contributed by atoms with Gasteiger partial charge >= 0.3 is 6.16 Å². The van der Waals surface area contributed by atoms with E-state index in [0.717, 1.165) is 96.3 Å². The molecule has 0 spiro atoms. The van der Waals surface area contributed by atoms with Crippen LogP contribution in [0.2, 0.25) is 0 Å². The summed E-state index contributed by atoms with van der Waals surface area (Å²) >= 11 is 0. The first-order valence-electron chi connectivity index (χ1n) is 60.9. The number of hydrogen-bond donors (Lipinski definition) is 1. The van der Waals surface area contributed by atoms with Gasteiger partial charge in [0.2, 0.25) is 0 Å². The van der Waals surface area contributed by atoms with E-state index in [-0.39, 0.29) is 0 Å². The average molecular weight is 1840 g/mol. The average Bonchev–Trinajstić information content (AvgIpc) is 0.704. The lowest BCUT2D eigenvalue weighted by Crippen LogP contribution is -2.22. The van der Waals surface area contributed by atoms with Crippen molar-refractivity contribution < 1.29 is 14.1 Å². The molecule has 3 aromatic carbocycles. The molecule has 3 rings (SSSR count). The summed E-state index contributed by atoms with van der Waals surface area (Å²) in [4.78, 5) is 20.2. The molecule has 4 heteroatoms. The molecule has 764 valence electrons. The Bertz CT molecular complexity index is 2500. The fourth-order valence-electron chi connectivity index (χ4n) is 21.9. The highest BCUT2D eigenvalue weighted by Gasteiger charge is 2.45. The number of carboxylic acid groups (broad SMARTS) is 1. The van der Waals surface area contributed by atoms with E-state index in [1.54, 1.807) is 0 Å². The van der Waals surface area contributed by atoms with Gasteiger partial charge in [-0.05, 0) is 176 Å². The van der Waals surface area contributed by atoms with Gasteiger partial charge in [0.05, 0.1) is 0 Å². The van der Waals surface area contributed by atoms with E-state index in [9.17, 15) is 5.11 Å². The molecule has 0 aromatic heterocycles. The van der Waals surface area contributed by atoms with Gasteiger partial charge in [-0.1, -0.05) is 619 Å². The second-order valence-corrected chi connectivity index (χ2v) is 45.5. The van der Waals surface area contributed by atoms with Crippen molar-refractivity contribution in [2.75, 3.05) is 0 Å². The zero-order valence-electron chi connectivity index (χ0n) is 90.6. The zero-order valence-corrected chi connectivity index (χ0v) is 91.5. The summed E-state index contributed by atoms with van der Waals surface area (Å²) in [7, 11) is -3.07. The van der Waals surface area contributed by atoms with Gasteiger partial charge in [0.15, 0.2) is 0 Å². The molecule has 3 aromatic rings. The van der Waals surface area contributed by atoms with Gasteiger partial charge in [-0.2, -0.15) is 0 Å². The normalized spacial score (nSPS) is 12.0. The number of rotatable bonds is 103. The van der Waals surface area contributed by atoms with Crippen LogP contribution < -0.4 is 0 Å². The van der Waals surface area contributed by atoms with Crippen LogP contribution in [0.15, 0.2) is 51.1 Å². The van der Waals surface area contributed by atoms with Gasteiger partial charge in [0.25, 0.3) is 0 Å². The molecule has 0 heterocycles. The SMILES string of the molecule is CCCCCCCCCCCCc1cc(CCCCCCCCCCCC)c(S(OC(=O)O)(c2c(CCCCCCCCCCCC)cc(CCCCCCCCCCCC)cc2CCCCCCCCCCCC)c2c(CCCCCCCCCCCC)cc(CCCCCCCCCCCC)cc2CCCCCCCCCCCC)c(CCCCCCCCCCCC)c1. The van der Waals surface area contributed by atoms with Crippen LogP contribution in [0.25, 0.3) is 0 Å². The van der Waals surface area contributed by atoms with Crippen molar-refractivity contribution in [1.29, 1.82) is 0 Å². The van der Waals surface area contributed by atoms with Crippen molar-refractivity contribution in [3.05, 3.63) is 86.5 Å². The number of aryl methyl sites for hydroxylation is 9. The molecular weight excluding hydrogens is 1610 g/mol. The first-order chi connectivity index (χ1) is 64.7. The third kappa shape index (κ3) is 64.3. The van der Waals surface area contributed by atoms with Crippen molar-refractivity contribution >= 4 is 16.5 Å². The maximum absolute atomic E-state index is 16.0. The molecule has 131 heavy (non-hydrogen) atoms. The number of unbranched alkanes of at least 4 members (excludes halogenated alkanes) is 81. The van der Waals surface area contributed by atoms with Crippen LogP contribution in [0.5, 0.6) is 0 Å². The minimum atomic E-state index is -3.07. The fraction of sp³-hybridized carbons (Fsp3) is 0.850. The summed E-state index contributed by atoms with van der Waals surface area (Å²) in [6, 6.07) is 16.7. The summed E-state index contributed by atoms with van der Waals surface area (Å²) in [5, 5.41) is 13.1. The third-order valence-corrected chi connectivity index (χ3v) is 33.9. The minimum Gasteiger partial charge on any atom is -0.449 e. The Hall–Kier alpha value is -2.72. The molecule has 0 saturated heterocycles. The first kappa shape index (κ1) is 122. The predicted molar refractivity (Wildman–Crippen MR) is 591 cm³/mol. The van der Waals surface area contributed by atoms with E-state index in [1.165, 1.54) is 604 Å². The van der Waals surface area contributed by atoms with Crippen LogP contribution in [0.4, 0.5) is 4.79 Å². The van der Waals surface area contributed by atoms with E-state index in [1.807, 2.05) is 0 Å². The topological polar surface area (TPSA) is 46.5 Å². The Balaban J connectivity index is 2.87. The zero-order chi connectivity index (χ0) is 94.0. The Labute approximate surface area is 824 Å². The van der Waals surface area contributed by atoms with Crippen LogP contribution in [-0.4, -0.2) is 11.3 Å². The molecule has 0 unspecified atom stereocenters. The summed E-state index contributed by atoms with van der Waals surface area (Å²) in [5.74, 6) is 0. The molecule has 0 bridgehead atoms. The van der Waals surface area contributed by atoms with Crippen molar-refractivity contribution in [2.24, 2.45) is 0 Å². The first-order valence-corrected chi connectivity index (χ1v) is 62.5. The van der Waals surface area contributed by atoms with E-state index >= 15 is 4.79 Å². The van der Waals surface area contributed by atoms with E-state index < -0.39 is 16.5 Å². The smallest absolute Gasteiger partial charge is 0.449 e. The van der Waals surface area contributed by atoms with E-state index in [2.05, 4.69) is 98.7 Å². The number of benzene rings is 3. The molecule has 0 aliphatic rings. The Morgan fingerprint density at radius 2 is 0.267 bits per heavy atom. The summed E-state index contributed by atoms with van der Waals surface area (Å²) < 4.78 is 8.26. The maximum Gasteiger partial charge on any atom is 0.517 e. The molecule has 0 radical (unpaired) electrons. The van der Waals surface area contributed by atoms with E-state index in [4.69, 9.17) is 4.18 Å². The molecule has 0 amide bonds. The second-order valence-electron chi connectivity index (χ2n) is 43.0. The van der Waals surface area contributed by atoms with Gasteiger partial charge in [-0.3, -0.25) is 0 Å². The fourth-order valence-corrected chi connectivity index (χ4v) is 26.2. The minimum absolute atomic E-state index is 0.997. The Morgan fingerprint density at radius 1 is 0.168 bits per heavy atom. The largest absolute Gasteiger partial charge is 0.517 e.